The van der Waals surface area contributed by atoms with E-state index in [0.29, 0.717) is 12.0 Å². The highest BCUT2D eigenvalue weighted by Crippen LogP contribution is 2.39. The van der Waals surface area contributed by atoms with E-state index in [0.717, 1.165) is 45.4 Å². The lowest BCUT2D eigenvalue weighted by Gasteiger charge is -2.18. The Kier molecular flexibility index (Phi) is 3.43. The predicted octanol–water partition coefficient (Wildman–Crippen LogP) is 2.99. The summed E-state index contributed by atoms with van der Waals surface area (Å²) in [6, 6.07) is 6.78. The molecule has 0 bridgehead atoms. The highest BCUT2D eigenvalue weighted by atomic mass is 79.9. The van der Waals surface area contributed by atoms with Crippen LogP contribution < -0.4 is 16.0 Å². The summed E-state index contributed by atoms with van der Waals surface area (Å²) in [5, 5.41) is 4.47. The van der Waals surface area contributed by atoms with E-state index in [9.17, 15) is 0 Å². The van der Waals surface area contributed by atoms with Gasteiger partial charge in [-0.3, -0.25) is 0 Å². The van der Waals surface area contributed by atoms with Crippen molar-refractivity contribution in [2.24, 2.45) is 0 Å². The summed E-state index contributed by atoms with van der Waals surface area (Å²) >= 11 is 5.27. The SMILES string of the molecule is CN[C@H]1CCN(c2nc(N)nc3c2sc2ccc(Br)cc23)C1. The van der Waals surface area contributed by atoms with Crippen LogP contribution in [0.3, 0.4) is 0 Å². The quantitative estimate of drug-likeness (QED) is 0.718. The number of nitrogens with one attached hydrogen (secondary N) is 1. The molecule has 5 nitrogen and oxygen atoms in total. The fourth-order valence-corrected chi connectivity index (χ4v) is 4.52. The van der Waals surface area contributed by atoms with Crippen LogP contribution in [0.5, 0.6) is 0 Å². The Hall–Kier alpha value is -1.44. The van der Waals surface area contributed by atoms with Gasteiger partial charge < -0.3 is 16.0 Å². The lowest BCUT2D eigenvalue weighted by molar-refractivity contribution is 0.616. The van der Waals surface area contributed by atoms with Gasteiger partial charge in [-0.05, 0) is 31.7 Å². The molecule has 1 atom stereocenters. The lowest BCUT2D eigenvalue weighted by Crippen LogP contribution is -2.30. The molecular formula is C15H16BrN5S. The van der Waals surface area contributed by atoms with Gasteiger partial charge in [-0.15, -0.1) is 11.3 Å². The Morgan fingerprint density at radius 1 is 1.41 bits per heavy atom. The minimum Gasteiger partial charge on any atom is -0.368 e. The summed E-state index contributed by atoms with van der Waals surface area (Å²) in [6.45, 7) is 1.95. The maximum Gasteiger partial charge on any atom is 0.222 e. The molecule has 1 aliphatic heterocycles. The lowest BCUT2D eigenvalue weighted by atomic mass is 10.2. The van der Waals surface area contributed by atoms with Gasteiger partial charge in [0.2, 0.25) is 5.95 Å². The van der Waals surface area contributed by atoms with Gasteiger partial charge in [-0.2, -0.15) is 4.98 Å². The molecule has 0 spiro atoms. The van der Waals surface area contributed by atoms with Gasteiger partial charge in [0.25, 0.3) is 0 Å². The van der Waals surface area contributed by atoms with Crippen molar-refractivity contribution in [2.45, 2.75) is 12.5 Å². The Balaban J connectivity index is 1.93. The summed E-state index contributed by atoms with van der Waals surface area (Å²) in [7, 11) is 2.01. The van der Waals surface area contributed by atoms with E-state index in [1.807, 2.05) is 7.05 Å². The zero-order valence-corrected chi connectivity index (χ0v) is 14.5. The molecule has 1 aliphatic rings. The fourth-order valence-electron chi connectivity index (χ4n) is 3.02. The van der Waals surface area contributed by atoms with Crippen LogP contribution in [-0.2, 0) is 0 Å². The number of halogens is 1. The highest BCUT2D eigenvalue weighted by Gasteiger charge is 2.25. The van der Waals surface area contributed by atoms with Gasteiger partial charge in [0.1, 0.15) is 0 Å². The topological polar surface area (TPSA) is 67.1 Å². The highest BCUT2D eigenvalue weighted by molar-refractivity contribution is 9.10. The first kappa shape index (κ1) is 14.2. The second-order valence-electron chi connectivity index (χ2n) is 5.55. The molecule has 0 unspecified atom stereocenters. The number of anilines is 2. The molecule has 0 amide bonds. The Labute approximate surface area is 140 Å². The number of benzene rings is 1. The average Bonchev–Trinajstić information content (AvgIpc) is 3.11. The third-order valence-electron chi connectivity index (χ3n) is 4.17. The Morgan fingerprint density at radius 3 is 3.05 bits per heavy atom. The molecule has 3 aromatic rings. The van der Waals surface area contributed by atoms with Crippen molar-refractivity contribution in [2.75, 3.05) is 30.8 Å². The molecule has 114 valence electrons. The molecule has 0 radical (unpaired) electrons. The predicted molar refractivity (Wildman–Crippen MR) is 96.7 cm³/mol. The summed E-state index contributed by atoms with van der Waals surface area (Å²) in [5.41, 5.74) is 6.93. The number of nitrogens with two attached hydrogens (primary N) is 1. The molecule has 0 saturated carbocycles. The summed E-state index contributed by atoms with van der Waals surface area (Å²) in [5.74, 6) is 1.31. The van der Waals surface area contributed by atoms with E-state index in [-0.39, 0.29) is 0 Å². The van der Waals surface area contributed by atoms with Crippen LogP contribution in [-0.4, -0.2) is 36.1 Å². The smallest absolute Gasteiger partial charge is 0.222 e. The van der Waals surface area contributed by atoms with Crippen molar-refractivity contribution in [3.8, 4) is 0 Å². The minimum atomic E-state index is 0.343. The zero-order valence-electron chi connectivity index (χ0n) is 12.1. The number of thiophene rings is 1. The van der Waals surface area contributed by atoms with E-state index >= 15 is 0 Å². The van der Waals surface area contributed by atoms with Crippen molar-refractivity contribution < 1.29 is 0 Å². The number of hydrogen-bond donors (Lipinski definition) is 2. The third-order valence-corrected chi connectivity index (χ3v) is 5.82. The van der Waals surface area contributed by atoms with E-state index in [1.54, 1.807) is 11.3 Å². The maximum absolute atomic E-state index is 5.98. The van der Waals surface area contributed by atoms with Crippen LogP contribution >= 0.6 is 27.3 Å². The van der Waals surface area contributed by atoms with Crippen molar-refractivity contribution in [3.05, 3.63) is 22.7 Å². The fraction of sp³-hybridized carbons (Fsp3) is 0.333. The van der Waals surface area contributed by atoms with E-state index in [4.69, 9.17) is 5.73 Å². The molecule has 2 aromatic heterocycles. The van der Waals surface area contributed by atoms with E-state index in [2.05, 4.69) is 54.3 Å². The van der Waals surface area contributed by atoms with Crippen LogP contribution in [0.15, 0.2) is 22.7 Å². The van der Waals surface area contributed by atoms with E-state index < -0.39 is 0 Å². The number of hydrogen-bond acceptors (Lipinski definition) is 6. The number of rotatable bonds is 2. The van der Waals surface area contributed by atoms with Crippen LogP contribution in [0.2, 0.25) is 0 Å². The Bertz CT molecular complexity index is 862. The van der Waals surface area contributed by atoms with Crippen molar-refractivity contribution in [1.82, 2.24) is 15.3 Å². The van der Waals surface area contributed by atoms with Crippen LogP contribution in [0.1, 0.15) is 6.42 Å². The Morgan fingerprint density at radius 2 is 2.27 bits per heavy atom. The normalized spacial score (nSPS) is 18.6. The number of fused-ring (bicyclic) bond motifs is 3. The molecule has 7 heteroatoms. The second-order valence-corrected chi connectivity index (χ2v) is 7.51. The zero-order chi connectivity index (χ0) is 15.3. The first-order valence-electron chi connectivity index (χ1n) is 7.23. The summed E-state index contributed by atoms with van der Waals surface area (Å²) in [6.07, 6.45) is 1.12. The van der Waals surface area contributed by atoms with Gasteiger partial charge in [0, 0.05) is 33.7 Å². The summed E-state index contributed by atoms with van der Waals surface area (Å²) in [4.78, 5) is 11.3. The largest absolute Gasteiger partial charge is 0.368 e. The molecule has 1 saturated heterocycles. The van der Waals surface area contributed by atoms with Gasteiger partial charge >= 0.3 is 0 Å². The van der Waals surface area contributed by atoms with Gasteiger partial charge in [0.05, 0.1) is 10.2 Å². The molecule has 3 N–H and O–H groups in total. The third kappa shape index (κ3) is 2.24. The number of nitrogen functional groups attached to an aromatic ring is 1. The molecular weight excluding hydrogens is 362 g/mol. The van der Waals surface area contributed by atoms with Crippen LogP contribution in [0.25, 0.3) is 20.3 Å². The van der Waals surface area contributed by atoms with Gasteiger partial charge in [0.15, 0.2) is 5.82 Å². The van der Waals surface area contributed by atoms with Gasteiger partial charge in [-0.1, -0.05) is 15.9 Å². The average molecular weight is 378 g/mol. The molecule has 0 aliphatic carbocycles. The van der Waals surface area contributed by atoms with E-state index in [1.165, 1.54) is 4.70 Å². The number of aromatic nitrogens is 2. The molecule has 22 heavy (non-hydrogen) atoms. The maximum atomic E-state index is 5.98. The first-order valence-corrected chi connectivity index (χ1v) is 8.84. The minimum absolute atomic E-state index is 0.343. The molecule has 3 heterocycles. The van der Waals surface area contributed by atoms with Crippen molar-refractivity contribution >= 4 is 59.3 Å². The monoisotopic (exact) mass is 377 g/mol. The van der Waals surface area contributed by atoms with Crippen LogP contribution in [0.4, 0.5) is 11.8 Å². The number of nitrogens with zero attached hydrogens (tertiary/aromatic N) is 3. The number of likely N-dealkylation sites (N-methyl/N-ethyl adjacent to an activating group) is 1. The van der Waals surface area contributed by atoms with Crippen molar-refractivity contribution in [1.29, 1.82) is 0 Å². The van der Waals surface area contributed by atoms with Crippen LogP contribution in [0, 0.1) is 0 Å². The molecule has 4 rings (SSSR count). The standard InChI is InChI=1S/C15H16BrN5S/c1-18-9-4-5-21(7-9)14-13-12(19-15(17)20-14)10-6-8(16)2-3-11(10)22-13/h2-3,6,9,18H,4-5,7H2,1H3,(H2,17,19,20)/t9-/m0/s1. The molecule has 1 fully saturated rings. The first-order chi connectivity index (χ1) is 10.7. The molecule has 1 aromatic carbocycles. The van der Waals surface area contributed by atoms with Crippen molar-refractivity contribution in [3.63, 3.8) is 0 Å². The summed E-state index contributed by atoms with van der Waals surface area (Å²) < 4.78 is 3.39. The van der Waals surface area contributed by atoms with Gasteiger partial charge in [-0.25, -0.2) is 4.98 Å². The second kappa shape index (κ2) is 5.33.